The van der Waals surface area contributed by atoms with Crippen LogP contribution >= 0.6 is 11.7 Å². The highest BCUT2D eigenvalue weighted by Gasteiger charge is 2.39. The molecule has 2 aliphatic rings. The third-order valence-electron chi connectivity index (χ3n) is 3.59. The van der Waals surface area contributed by atoms with Crippen LogP contribution in [0.3, 0.4) is 0 Å². The number of hydrogen-bond acceptors (Lipinski definition) is 5. The molecule has 5 heteroatoms. The minimum absolute atomic E-state index is 0.557. The molecular weight excluding hydrogens is 210 g/mol. The van der Waals surface area contributed by atoms with Gasteiger partial charge in [0.05, 0.1) is 18.8 Å². The van der Waals surface area contributed by atoms with E-state index in [-0.39, 0.29) is 0 Å². The molecule has 3 atom stereocenters. The van der Waals surface area contributed by atoms with Crippen molar-refractivity contribution in [2.75, 3.05) is 26.7 Å². The summed E-state index contributed by atoms with van der Waals surface area (Å²) >= 11 is 1.27. The maximum absolute atomic E-state index is 5.26. The molecule has 0 aromatic carbocycles. The fraction of sp³-hybridized carbons (Fsp3) is 0.800. The van der Waals surface area contributed by atoms with Crippen LogP contribution in [0.25, 0.3) is 0 Å². The van der Waals surface area contributed by atoms with Crippen molar-refractivity contribution in [1.29, 1.82) is 0 Å². The van der Waals surface area contributed by atoms with Gasteiger partial charge >= 0.3 is 0 Å². The second kappa shape index (κ2) is 3.72. The molecule has 4 nitrogen and oxygen atoms in total. The number of ether oxygens (including phenoxy) is 1. The SMILES string of the molecule is COc1nsnc1C1CN2CCCC1C2. The molecular formula is C10H15N3OS. The number of fused-ring (bicyclic) bond motifs is 2. The standard InChI is InChI=1S/C10H15N3OS/c1-14-10-9(11-15-12-10)8-6-13-4-2-3-7(8)5-13/h7-8H,2-6H2,1H3. The van der Waals surface area contributed by atoms with Crippen molar-refractivity contribution in [2.45, 2.75) is 18.8 Å². The van der Waals surface area contributed by atoms with E-state index >= 15 is 0 Å². The fourth-order valence-electron chi connectivity index (χ4n) is 2.88. The fourth-order valence-corrected chi connectivity index (χ4v) is 3.46. The topological polar surface area (TPSA) is 38.3 Å². The molecule has 0 radical (unpaired) electrons. The summed E-state index contributed by atoms with van der Waals surface area (Å²) < 4.78 is 13.9. The molecule has 0 aliphatic carbocycles. The predicted molar refractivity (Wildman–Crippen MR) is 58.4 cm³/mol. The van der Waals surface area contributed by atoms with Crippen LogP contribution in [0.15, 0.2) is 0 Å². The Morgan fingerprint density at radius 2 is 2.33 bits per heavy atom. The van der Waals surface area contributed by atoms with E-state index in [1.165, 1.54) is 37.7 Å². The molecule has 2 aliphatic heterocycles. The minimum Gasteiger partial charge on any atom is -0.479 e. The number of piperidine rings is 1. The van der Waals surface area contributed by atoms with Gasteiger partial charge in [0.2, 0.25) is 5.88 Å². The van der Waals surface area contributed by atoms with Gasteiger partial charge in [0.25, 0.3) is 0 Å². The van der Waals surface area contributed by atoms with Gasteiger partial charge in [-0.25, -0.2) is 0 Å². The van der Waals surface area contributed by atoms with E-state index in [1.807, 2.05) is 0 Å². The highest BCUT2D eigenvalue weighted by molar-refractivity contribution is 6.99. The number of rotatable bonds is 2. The highest BCUT2D eigenvalue weighted by Crippen LogP contribution is 2.40. The van der Waals surface area contributed by atoms with Crippen molar-refractivity contribution in [3.05, 3.63) is 5.69 Å². The molecule has 3 rings (SSSR count). The van der Waals surface area contributed by atoms with Gasteiger partial charge in [-0.1, -0.05) is 0 Å². The van der Waals surface area contributed by atoms with Crippen LogP contribution in [-0.4, -0.2) is 40.4 Å². The van der Waals surface area contributed by atoms with E-state index in [0.29, 0.717) is 5.92 Å². The zero-order chi connectivity index (χ0) is 10.3. The summed E-state index contributed by atoms with van der Waals surface area (Å²) in [6.45, 7) is 3.64. The zero-order valence-corrected chi connectivity index (χ0v) is 9.66. The lowest BCUT2D eigenvalue weighted by molar-refractivity contribution is 0.269. The van der Waals surface area contributed by atoms with Crippen molar-refractivity contribution in [3.63, 3.8) is 0 Å². The Kier molecular flexibility index (Phi) is 2.36. The number of aromatic nitrogens is 2. The Balaban J connectivity index is 1.88. The highest BCUT2D eigenvalue weighted by atomic mass is 32.1. The third kappa shape index (κ3) is 1.54. The van der Waals surface area contributed by atoms with Crippen LogP contribution in [0, 0.1) is 5.92 Å². The van der Waals surface area contributed by atoms with Gasteiger partial charge in [-0.15, -0.1) is 4.37 Å². The molecule has 2 bridgehead atoms. The van der Waals surface area contributed by atoms with Gasteiger partial charge in [-0.05, 0) is 25.3 Å². The summed E-state index contributed by atoms with van der Waals surface area (Å²) in [5.41, 5.74) is 1.09. The number of hydrogen-bond donors (Lipinski definition) is 0. The lowest BCUT2D eigenvalue weighted by Gasteiger charge is -2.21. The van der Waals surface area contributed by atoms with Gasteiger partial charge in [0.1, 0.15) is 5.69 Å². The molecule has 0 saturated carbocycles. The first-order valence-corrected chi connectivity index (χ1v) is 6.20. The van der Waals surface area contributed by atoms with Crippen molar-refractivity contribution < 1.29 is 4.74 Å². The normalized spacial score (nSPS) is 34.3. The monoisotopic (exact) mass is 225 g/mol. The second-order valence-corrected chi connectivity index (χ2v) is 4.96. The number of nitrogens with zero attached hydrogens (tertiary/aromatic N) is 3. The summed E-state index contributed by atoms with van der Waals surface area (Å²) in [7, 11) is 1.68. The maximum Gasteiger partial charge on any atom is 0.249 e. The van der Waals surface area contributed by atoms with Crippen molar-refractivity contribution >= 4 is 11.7 Å². The molecule has 1 aromatic heterocycles. The van der Waals surface area contributed by atoms with Crippen LogP contribution in [0.4, 0.5) is 0 Å². The first kappa shape index (κ1) is 9.54. The van der Waals surface area contributed by atoms with E-state index in [2.05, 4.69) is 13.6 Å². The maximum atomic E-state index is 5.26. The van der Waals surface area contributed by atoms with Crippen LogP contribution in [0.1, 0.15) is 24.5 Å². The largest absolute Gasteiger partial charge is 0.479 e. The Labute approximate surface area is 93.6 Å². The van der Waals surface area contributed by atoms with Crippen LogP contribution in [0.5, 0.6) is 5.88 Å². The lowest BCUT2D eigenvalue weighted by Crippen LogP contribution is -2.25. The van der Waals surface area contributed by atoms with E-state index in [1.54, 1.807) is 7.11 Å². The van der Waals surface area contributed by atoms with Gasteiger partial charge < -0.3 is 9.64 Å². The van der Waals surface area contributed by atoms with Gasteiger partial charge in [-0.2, -0.15) is 4.37 Å². The van der Waals surface area contributed by atoms with E-state index in [4.69, 9.17) is 4.74 Å². The molecule has 0 amide bonds. The van der Waals surface area contributed by atoms with Crippen LogP contribution < -0.4 is 4.74 Å². The van der Waals surface area contributed by atoms with Gasteiger partial charge in [0, 0.05) is 19.0 Å². The number of methoxy groups -OCH3 is 1. The summed E-state index contributed by atoms with van der Waals surface area (Å²) in [4.78, 5) is 2.54. The van der Waals surface area contributed by atoms with Gasteiger partial charge in [0.15, 0.2) is 0 Å². The molecule has 0 N–H and O–H groups in total. The molecule has 2 fully saturated rings. The van der Waals surface area contributed by atoms with E-state index < -0.39 is 0 Å². The quantitative estimate of drug-likeness (QED) is 0.761. The molecule has 1 aromatic rings. The molecule has 0 spiro atoms. The Bertz CT molecular complexity index is 354. The third-order valence-corrected chi connectivity index (χ3v) is 4.12. The Morgan fingerprint density at radius 1 is 1.40 bits per heavy atom. The van der Waals surface area contributed by atoms with Crippen molar-refractivity contribution in [3.8, 4) is 5.88 Å². The van der Waals surface area contributed by atoms with Crippen LogP contribution in [0.2, 0.25) is 0 Å². The average Bonchev–Trinajstić information content (AvgIpc) is 2.83. The second-order valence-electron chi connectivity index (χ2n) is 4.43. The minimum atomic E-state index is 0.557. The zero-order valence-electron chi connectivity index (χ0n) is 8.85. The lowest BCUT2D eigenvalue weighted by atomic mass is 9.89. The van der Waals surface area contributed by atoms with Crippen molar-refractivity contribution in [1.82, 2.24) is 13.6 Å². The van der Waals surface area contributed by atoms with Gasteiger partial charge in [-0.3, -0.25) is 0 Å². The summed E-state index contributed by atoms with van der Waals surface area (Å²) in [6, 6.07) is 0. The predicted octanol–water partition coefficient (Wildman–Crippen LogP) is 1.36. The molecule has 2 saturated heterocycles. The summed E-state index contributed by atoms with van der Waals surface area (Å²) in [5.74, 6) is 2.08. The molecule has 15 heavy (non-hydrogen) atoms. The first-order valence-electron chi connectivity index (χ1n) is 5.47. The van der Waals surface area contributed by atoms with Crippen LogP contribution in [-0.2, 0) is 0 Å². The Hall–Kier alpha value is -0.680. The average molecular weight is 225 g/mol. The summed E-state index contributed by atoms with van der Waals surface area (Å²) in [6.07, 6.45) is 2.67. The van der Waals surface area contributed by atoms with Crippen molar-refractivity contribution in [2.24, 2.45) is 5.92 Å². The smallest absolute Gasteiger partial charge is 0.249 e. The van der Waals surface area contributed by atoms with E-state index in [9.17, 15) is 0 Å². The summed E-state index contributed by atoms with van der Waals surface area (Å²) in [5, 5.41) is 0. The molecule has 82 valence electrons. The molecule has 3 unspecified atom stereocenters. The first-order chi connectivity index (χ1) is 7.38. The molecule has 3 heterocycles. The van der Waals surface area contributed by atoms with E-state index in [0.717, 1.165) is 24.0 Å². The Morgan fingerprint density at radius 3 is 3.13 bits per heavy atom.